The first-order chi connectivity index (χ1) is 8.47. The minimum atomic E-state index is -3.41. The van der Waals surface area contributed by atoms with Crippen LogP contribution in [0.15, 0.2) is 29.2 Å². The van der Waals surface area contributed by atoms with E-state index in [2.05, 4.69) is 10.0 Å². The van der Waals surface area contributed by atoms with Gasteiger partial charge >= 0.3 is 0 Å². The quantitative estimate of drug-likeness (QED) is 0.827. The maximum absolute atomic E-state index is 11.9. The van der Waals surface area contributed by atoms with Gasteiger partial charge in [-0.2, -0.15) is 0 Å². The highest BCUT2D eigenvalue weighted by Gasteiger charge is 2.19. The molecule has 0 spiro atoms. The molecular weight excluding hydrogens is 252 g/mol. The number of hydrogen-bond donors (Lipinski definition) is 2. The van der Waals surface area contributed by atoms with Crippen LogP contribution in [-0.2, 0) is 10.0 Å². The lowest BCUT2D eigenvalue weighted by Gasteiger charge is -2.27. The van der Waals surface area contributed by atoms with Crippen molar-refractivity contribution in [3.05, 3.63) is 24.3 Å². The molecule has 1 aliphatic heterocycles. The SMILES string of the molecule is CC(C)NS(=O)(=O)c1ccc(OC2CNC2)cc1. The van der Waals surface area contributed by atoms with E-state index in [1.807, 2.05) is 0 Å². The second-order valence-corrected chi connectivity index (χ2v) is 6.36. The van der Waals surface area contributed by atoms with E-state index in [1.54, 1.807) is 38.1 Å². The van der Waals surface area contributed by atoms with Gasteiger partial charge in [-0.15, -0.1) is 0 Å². The molecule has 0 aliphatic carbocycles. The lowest BCUT2D eigenvalue weighted by atomic mass is 10.2. The van der Waals surface area contributed by atoms with Crippen molar-refractivity contribution in [3.8, 4) is 5.75 Å². The van der Waals surface area contributed by atoms with Crippen LogP contribution >= 0.6 is 0 Å². The lowest BCUT2D eigenvalue weighted by molar-refractivity contribution is 0.142. The summed E-state index contributed by atoms with van der Waals surface area (Å²) in [6.45, 7) is 5.27. The van der Waals surface area contributed by atoms with Crippen LogP contribution in [0.4, 0.5) is 0 Å². The first-order valence-corrected chi connectivity index (χ1v) is 7.45. The van der Waals surface area contributed by atoms with Crippen molar-refractivity contribution in [1.82, 2.24) is 10.0 Å². The third-order valence-electron chi connectivity index (χ3n) is 2.57. The third-order valence-corrected chi connectivity index (χ3v) is 4.25. The van der Waals surface area contributed by atoms with Crippen molar-refractivity contribution in [2.24, 2.45) is 0 Å². The Morgan fingerprint density at radius 3 is 2.33 bits per heavy atom. The smallest absolute Gasteiger partial charge is 0.240 e. The van der Waals surface area contributed by atoms with Gasteiger partial charge in [0.15, 0.2) is 0 Å². The normalized spacial score (nSPS) is 16.6. The van der Waals surface area contributed by atoms with Gasteiger partial charge in [-0.05, 0) is 38.1 Å². The lowest BCUT2D eigenvalue weighted by Crippen LogP contribution is -2.50. The third kappa shape index (κ3) is 3.22. The van der Waals surface area contributed by atoms with Gasteiger partial charge in [-0.25, -0.2) is 13.1 Å². The van der Waals surface area contributed by atoms with Gasteiger partial charge in [-0.3, -0.25) is 0 Å². The van der Waals surface area contributed by atoms with Crippen LogP contribution in [0.5, 0.6) is 5.75 Å². The molecule has 0 unspecified atom stereocenters. The zero-order valence-electron chi connectivity index (χ0n) is 10.5. The fourth-order valence-electron chi connectivity index (χ4n) is 1.61. The molecular formula is C12H18N2O3S. The van der Waals surface area contributed by atoms with Gasteiger partial charge in [0.2, 0.25) is 10.0 Å². The molecule has 100 valence electrons. The molecule has 1 aromatic carbocycles. The number of ether oxygens (including phenoxy) is 1. The Bertz CT molecular complexity index is 493. The van der Waals surface area contributed by atoms with E-state index in [0.717, 1.165) is 13.1 Å². The number of rotatable bonds is 5. The summed E-state index contributed by atoms with van der Waals surface area (Å²) >= 11 is 0. The summed E-state index contributed by atoms with van der Waals surface area (Å²) in [6, 6.07) is 6.38. The maximum atomic E-state index is 11.9. The minimum absolute atomic E-state index is 0.119. The van der Waals surface area contributed by atoms with E-state index in [0.29, 0.717) is 5.75 Å². The van der Waals surface area contributed by atoms with Crippen LogP contribution in [0.2, 0.25) is 0 Å². The Morgan fingerprint density at radius 1 is 1.28 bits per heavy atom. The van der Waals surface area contributed by atoms with Crippen molar-refractivity contribution in [3.63, 3.8) is 0 Å². The van der Waals surface area contributed by atoms with Gasteiger partial charge in [0.05, 0.1) is 4.90 Å². The fraction of sp³-hybridized carbons (Fsp3) is 0.500. The van der Waals surface area contributed by atoms with Crippen molar-refractivity contribution >= 4 is 10.0 Å². The summed E-state index contributed by atoms with van der Waals surface area (Å²) < 4.78 is 31.9. The molecule has 1 aliphatic rings. The summed E-state index contributed by atoms with van der Waals surface area (Å²) in [6.07, 6.45) is 0.196. The Balaban J connectivity index is 2.06. The van der Waals surface area contributed by atoms with E-state index >= 15 is 0 Å². The van der Waals surface area contributed by atoms with Crippen LogP contribution in [0.3, 0.4) is 0 Å². The predicted octanol–water partition coefficient (Wildman–Crippen LogP) is 0.724. The van der Waals surface area contributed by atoms with E-state index in [4.69, 9.17) is 4.74 Å². The summed E-state index contributed by atoms with van der Waals surface area (Å²) in [4.78, 5) is 0.260. The molecule has 1 aromatic rings. The Morgan fingerprint density at radius 2 is 1.89 bits per heavy atom. The molecule has 0 atom stereocenters. The van der Waals surface area contributed by atoms with Gasteiger partial charge in [-0.1, -0.05) is 0 Å². The van der Waals surface area contributed by atoms with Crippen LogP contribution in [-0.4, -0.2) is 33.7 Å². The molecule has 0 amide bonds. The van der Waals surface area contributed by atoms with Gasteiger partial charge < -0.3 is 10.1 Å². The molecule has 18 heavy (non-hydrogen) atoms. The van der Waals surface area contributed by atoms with E-state index in [1.165, 1.54) is 0 Å². The molecule has 0 aromatic heterocycles. The van der Waals surface area contributed by atoms with Crippen LogP contribution < -0.4 is 14.8 Å². The van der Waals surface area contributed by atoms with E-state index in [9.17, 15) is 8.42 Å². The summed E-state index contributed by atoms with van der Waals surface area (Å²) in [7, 11) is -3.41. The largest absolute Gasteiger partial charge is 0.488 e. The van der Waals surface area contributed by atoms with Gasteiger partial charge in [0, 0.05) is 19.1 Å². The van der Waals surface area contributed by atoms with E-state index in [-0.39, 0.29) is 17.0 Å². The second kappa shape index (κ2) is 5.26. The maximum Gasteiger partial charge on any atom is 0.240 e. The van der Waals surface area contributed by atoms with Crippen LogP contribution in [0.25, 0.3) is 0 Å². The fourth-order valence-corrected chi connectivity index (χ4v) is 2.86. The molecule has 6 heteroatoms. The zero-order valence-corrected chi connectivity index (χ0v) is 11.3. The molecule has 0 radical (unpaired) electrons. The Hall–Kier alpha value is -1.11. The summed E-state index contributed by atoms with van der Waals surface area (Å²) in [5, 5.41) is 3.11. The Kier molecular flexibility index (Phi) is 3.89. The van der Waals surface area contributed by atoms with Crippen molar-refractivity contribution in [1.29, 1.82) is 0 Å². The molecule has 0 bridgehead atoms. The second-order valence-electron chi connectivity index (χ2n) is 4.65. The minimum Gasteiger partial charge on any atom is -0.488 e. The molecule has 0 saturated carbocycles. The molecule has 5 nitrogen and oxygen atoms in total. The van der Waals surface area contributed by atoms with Gasteiger partial charge in [0.25, 0.3) is 0 Å². The van der Waals surface area contributed by atoms with Gasteiger partial charge in [0.1, 0.15) is 11.9 Å². The van der Waals surface area contributed by atoms with Crippen molar-refractivity contribution < 1.29 is 13.2 Å². The highest BCUT2D eigenvalue weighted by molar-refractivity contribution is 7.89. The number of benzene rings is 1. The van der Waals surface area contributed by atoms with Crippen LogP contribution in [0.1, 0.15) is 13.8 Å². The first kappa shape index (κ1) is 13.3. The number of sulfonamides is 1. The van der Waals surface area contributed by atoms with Crippen molar-refractivity contribution in [2.75, 3.05) is 13.1 Å². The number of nitrogens with one attached hydrogen (secondary N) is 2. The summed E-state index contributed by atoms with van der Waals surface area (Å²) in [5.41, 5.74) is 0. The average Bonchev–Trinajstić information content (AvgIpc) is 2.22. The monoisotopic (exact) mass is 270 g/mol. The predicted molar refractivity (Wildman–Crippen MR) is 69.2 cm³/mol. The highest BCUT2D eigenvalue weighted by atomic mass is 32.2. The highest BCUT2D eigenvalue weighted by Crippen LogP contribution is 2.18. The molecule has 1 fully saturated rings. The zero-order chi connectivity index (χ0) is 13.2. The first-order valence-electron chi connectivity index (χ1n) is 5.97. The Labute approximate surface area is 108 Å². The van der Waals surface area contributed by atoms with E-state index < -0.39 is 10.0 Å². The molecule has 2 N–H and O–H groups in total. The molecule has 1 saturated heterocycles. The standard InChI is InChI=1S/C12H18N2O3S/c1-9(2)14-18(15,16)12-5-3-10(4-6-12)17-11-7-13-8-11/h3-6,9,11,13-14H,7-8H2,1-2H3. The molecule has 1 heterocycles. The van der Waals surface area contributed by atoms with Crippen molar-refractivity contribution in [2.45, 2.75) is 30.9 Å². The summed E-state index contributed by atoms with van der Waals surface area (Å²) in [5.74, 6) is 0.699. The average molecular weight is 270 g/mol. The molecule has 2 rings (SSSR count). The number of hydrogen-bond acceptors (Lipinski definition) is 4. The van der Waals surface area contributed by atoms with Crippen LogP contribution in [0, 0.1) is 0 Å². The topological polar surface area (TPSA) is 67.4 Å².